The third-order valence-electron chi connectivity index (χ3n) is 2.20. The summed E-state index contributed by atoms with van der Waals surface area (Å²) in [4.78, 5) is 11.5. The molecule has 0 aliphatic carbocycles. The largest absolute Gasteiger partial charge is 0.465 e. The smallest absolute Gasteiger partial charge is 0.338 e. The zero-order chi connectivity index (χ0) is 13.4. The van der Waals surface area contributed by atoms with Gasteiger partial charge in [0.15, 0.2) is 0 Å². The van der Waals surface area contributed by atoms with Gasteiger partial charge in [-0.1, -0.05) is 19.9 Å². The fraction of sp³-hybridized carbons (Fsp3) is 0.462. The van der Waals surface area contributed by atoms with E-state index in [1.54, 1.807) is 17.8 Å². The van der Waals surface area contributed by atoms with Crippen molar-refractivity contribution >= 4 is 23.4 Å². The molecule has 0 bridgehead atoms. The summed E-state index contributed by atoms with van der Waals surface area (Å²) in [6, 6.07) is 3.63. The van der Waals surface area contributed by atoms with Gasteiger partial charge in [-0.05, 0) is 30.4 Å². The second-order valence-corrected chi connectivity index (χ2v) is 4.16. The van der Waals surface area contributed by atoms with Crippen molar-refractivity contribution in [3.05, 3.63) is 28.8 Å². The van der Waals surface area contributed by atoms with Crippen LogP contribution in [0.4, 0.5) is 5.69 Å². The average Bonchev–Trinajstić information content (AvgIpc) is 2.35. The van der Waals surface area contributed by atoms with E-state index in [4.69, 9.17) is 10.5 Å². The molecule has 0 radical (unpaired) electrons. The highest BCUT2D eigenvalue weighted by Crippen LogP contribution is 2.22. The Kier molecular flexibility index (Phi) is 7.46. The van der Waals surface area contributed by atoms with Gasteiger partial charge in [0.1, 0.15) is 0 Å². The summed E-state index contributed by atoms with van der Waals surface area (Å²) in [5.74, 6) is 0.455. The molecule has 0 fully saturated rings. The van der Waals surface area contributed by atoms with Gasteiger partial charge in [0.05, 0.1) is 12.7 Å². The Hall–Kier alpha value is -1.16. The topological polar surface area (TPSA) is 52.3 Å². The van der Waals surface area contributed by atoms with Crippen molar-refractivity contribution in [2.45, 2.75) is 26.5 Å². The van der Waals surface area contributed by atoms with Crippen LogP contribution in [0.5, 0.6) is 0 Å². The molecular weight excluding hydrogens is 234 g/mol. The number of nitrogen functional groups attached to an aromatic ring is 1. The summed E-state index contributed by atoms with van der Waals surface area (Å²) in [5, 5.41) is 0. The Balaban J connectivity index is 0.00000121. The first-order valence-corrected chi connectivity index (χ1v) is 6.95. The number of carbonyl (C=O) groups is 1. The maximum absolute atomic E-state index is 11.5. The first kappa shape index (κ1) is 15.8. The SMILES string of the molecule is CC.COC(=O)c1cc(N)c(C)cc1CSC. The minimum Gasteiger partial charge on any atom is -0.465 e. The fourth-order valence-corrected chi connectivity index (χ4v) is 1.91. The Morgan fingerprint density at radius 2 is 2.00 bits per heavy atom. The quantitative estimate of drug-likeness (QED) is 0.665. The molecule has 0 atom stereocenters. The number of esters is 1. The van der Waals surface area contributed by atoms with Crippen LogP contribution in [0.1, 0.15) is 35.3 Å². The number of carbonyl (C=O) groups excluding carboxylic acids is 1. The third kappa shape index (κ3) is 4.30. The zero-order valence-corrected chi connectivity index (χ0v) is 12.0. The molecule has 1 rings (SSSR count). The number of hydrogen-bond donors (Lipinski definition) is 1. The van der Waals surface area contributed by atoms with Gasteiger partial charge in [-0.2, -0.15) is 11.8 Å². The number of anilines is 1. The maximum atomic E-state index is 11.5. The Bertz CT molecular complexity index is 378. The first-order valence-electron chi connectivity index (χ1n) is 5.56. The van der Waals surface area contributed by atoms with Gasteiger partial charge in [-0.25, -0.2) is 4.79 Å². The van der Waals surface area contributed by atoms with E-state index < -0.39 is 0 Å². The number of thioether (sulfide) groups is 1. The lowest BCUT2D eigenvalue weighted by atomic mass is 10.0. The average molecular weight is 255 g/mol. The maximum Gasteiger partial charge on any atom is 0.338 e. The van der Waals surface area contributed by atoms with Gasteiger partial charge in [0, 0.05) is 11.4 Å². The minimum atomic E-state index is -0.328. The molecule has 2 N–H and O–H groups in total. The number of nitrogens with two attached hydrogens (primary N) is 1. The molecule has 0 unspecified atom stereocenters. The van der Waals surface area contributed by atoms with Crippen LogP contribution in [-0.2, 0) is 10.5 Å². The normalized spacial score (nSPS) is 9.24. The van der Waals surface area contributed by atoms with E-state index in [1.807, 2.05) is 33.1 Å². The second-order valence-electron chi connectivity index (χ2n) is 3.29. The Morgan fingerprint density at radius 1 is 1.41 bits per heavy atom. The fourth-order valence-electron chi connectivity index (χ4n) is 1.36. The van der Waals surface area contributed by atoms with E-state index in [0.717, 1.165) is 16.9 Å². The molecule has 3 nitrogen and oxygen atoms in total. The van der Waals surface area contributed by atoms with Crippen molar-refractivity contribution in [1.82, 2.24) is 0 Å². The molecule has 0 aromatic heterocycles. The van der Waals surface area contributed by atoms with Gasteiger partial charge >= 0.3 is 5.97 Å². The van der Waals surface area contributed by atoms with Gasteiger partial charge in [0.25, 0.3) is 0 Å². The van der Waals surface area contributed by atoms with Crippen LogP contribution in [-0.4, -0.2) is 19.3 Å². The molecule has 4 heteroatoms. The number of aryl methyl sites for hydroxylation is 1. The Morgan fingerprint density at radius 3 is 2.47 bits per heavy atom. The molecule has 0 aliphatic heterocycles. The highest BCUT2D eigenvalue weighted by molar-refractivity contribution is 7.97. The van der Waals surface area contributed by atoms with Crippen LogP contribution in [0.25, 0.3) is 0 Å². The van der Waals surface area contributed by atoms with E-state index in [1.165, 1.54) is 7.11 Å². The zero-order valence-electron chi connectivity index (χ0n) is 11.2. The van der Waals surface area contributed by atoms with Crippen molar-refractivity contribution in [2.75, 3.05) is 19.1 Å². The molecule has 17 heavy (non-hydrogen) atoms. The van der Waals surface area contributed by atoms with Crippen molar-refractivity contribution in [3.8, 4) is 0 Å². The molecule has 0 amide bonds. The predicted molar refractivity (Wildman–Crippen MR) is 75.5 cm³/mol. The highest BCUT2D eigenvalue weighted by Gasteiger charge is 2.13. The number of ether oxygens (including phenoxy) is 1. The number of rotatable bonds is 3. The summed E-state index contributed by atoms with van der Waals surface area (Å²) in [7, 11) is 1.38. The van der Waals surface area contributed by atoms with Gasteiger partial charge in [-0.3, -0.25) is 0 Å². The Labute approximate surface area is 108 Å². The van der Waals surface area contributed by atoms with Gasteiger partial charge in [-0.15, -0.1) is 0 Å². The second kappa shape index (κ2) is 8.01. The van der Waals surface area contributed by atoms with Crippen molar-refractivity contribution < 1.29 is 9.53 Å². The summed E-state index contributed by atoms with van der Waals surface area (Å²) in [6.45, 7) is 5.93. The summed E-state index contributed by atoms with van der Waals surface area (Å²) >= 11 is 1.66. The standard InChI is InChI=1S/C11H15NO2S.C2H6/c1-7-4-8(6-15-3)9(5-10(7)12)11(13)14-2;1-2/h4-5H,6,12H2,1-3H3;1-2H3. The van der Waals surface area contributed by atoms with Crippen LogP contribution in [0.15, 0.2) is 12.1 Å². The number of methoxy groups -OCH3 is 1. The van der Waals surface area contributed by atoms with Crippen LogP contribution < -0.4 is 5.73 Å². The molecule has 0 heterocycles. The van der Waals surface area contributed by atoms with E-state index in [0.29, 0.717) is 11.3 Å². The van der Waals surface area contributed by atoms with Crippen LogP contribution >= 0.6 is 11.8 Å². The monoisotopic (exact) mass is 255 g/mol. The van der Waals surface area contributed by atoms with Gasteiger partial charge in [0.2, 0.25) is 0 Å². The van der Waals surface area contributed by atoms with Crippen molar-refractivity contribution in [3.63, 3.8) is 0 Å². The molecule has 0 saturated carbocycles. The van der Waals surface area contributed by atoms with E-state index in [9.17, 15) is 4.79 Å². The summed E-state index contributed by atoms with van der Waals surface area (Å²) in [6.07, 6.45) is 1.99. The highest BCUT2D eigenvalue weighted by atomic mass is 32.2. The van der Waals surface area contributed by atoms with Crippen LogP contribution in [0.3, 0.4) is 0 Å². The molecule has 1 aromatic carbocycles. The third-order valence-corrected chi connectivity index (χ3v) is 2.80. The summed E-state index contributed by atoms with van der Waals surface area (Å²) < 4.78 is 4.71. The number of hydrogen-bond acceptors (Lipinski definition) is 4. The lowest BCUT2D eigenvalue weighted by Crippen LogP contribution is -2.07. The van der Waals surface area contributed by atoms with E-state index in [-0.39, 0.29) is 5.97 Å². The molecule has 0 spiro atoms. The van der Waals surface area contributed by atoms with Crippen LogP contribution in [0.2, 0.25) is 0 Å². The van der Waals surface area contributed by atoms with E-state index in [2.05, 4.69) is 0 Å². The molecule has 0 aliphatic rings. The van der Waals surface area contributed by atoms with Gasteiger partial charge < -0.3 is 10.5 Å². The van der Waals surface area contributed by atoms with Crippen molar-refractivity contribution in [1.29, 1.82) is 0 Å². The molecular formula is C13H21NO2S. The summed E-state index contributed by atoms with van der Waals surface area (Å²) in [5.41, 5.74) is 8.92. The van der Waals surface area contributed by atoms with Crippen molar-refractivity contribution in [2.24, 2.45) is 0 Å². The molecule has 96 valence electrons. The minimum absolute atomic E-state index is 0.328. The predicted octanol–water partition coefficient (Wildman–Crippen LogP) is 3.25. The molecule has 1 aromatic rings. The molecule has 0 saturated heterocycles. The lowest BCUT2D eigenvalue weighted by molar-refractivity contribution is 0.0600. The first-order chi connectivity index (χ1) is 8.10. The number of benzene rings is 1. The van der Waals surface area contributed by atoms with Crippen LogP contribution in [0, 0.1) is 6.92 Å². The van der Waals surface area contributed by atoms with E-state index >= 15 is 0 Å². The lowest BCUT2D eigenvalue weighted by Gasteiger charge is -2.10.